The molecule has 3 nitrogen and oxygen atoms in total. The molecule has 0 saturated carbocycles. The molecule has 0 aliphatic rings. The van der Waals surface area contributed by atoms with Crippen molar-refractivity contribution in [3.05, 3.63) is 94.7 Å². The van der Waals surface area contributed by atoms with Gasteiger partial charge < -0.3 is 6.15 Å². The zero-order valence-electron chi connectivity index (χ0n) is 17.2. The molecule has 0 aliphatic heterocycles. The fourth-order valence-electron chi connectivity index (χ4n) is 2.76. The van der Waals surface area contributed by atoms with Gasteiger partial charge in [-0.05, 0) is 24.3 Å². The number of hydrogen-bond donors (Lipinski definition) is 1. The summed E-state index contributed by atoms with van der Waals surface area (Å²) in [5.74, 6) is 0.567. The van der Waals surface area contributed by atoms with Gasteiger partial charge in [0.05, 0.1) is 11.0 Å². The van der Waals surface area contributed by atoms with E-state index >= 15 is 0 Å². The van der Waals surface area contributed by atoms with Crippen molar-refractivity contribution in [1.29, 1.82) is 0 Å². The van der Waals surface area contributed by atoms with E-state index in [1.807, 2.05) is 37.3 Å². The minimum absolute atomic E-state index is 0. The van der Waals surface area contributed by atoms with Crippen molar-refractivity contribution in [1.82, 2.24) is 16.1 Å². The van der Waals surface area contributed by atoms with Gasteiger partial charge in [0.1, 0.15) is 0 Å². The Balaban J connectivity index is 0.000000569. The number of benzene rings is 2. The first-order valence-corrected chi connectivity index (χ1v) is 9.65. The number of hydrogen-bond acceptors (Lipinski definition) is 3. The molecule has 0 atom stereocenters. The number of nitrogens with zero attached hydrogens (tertiary/aromatic N) is 2. The zero-order valence-corrected chi connectivity index (χ0v) is 20.7. The molecule has 0 aliphatic carbocycles. The summed E-state index contributed by atoms with van der Waals surface area (Å²) >= 11 is 3.37. The van der Waals surface area contributed by atoms with Crippen molar-refractivity contribution >= 4 is 50.1 Å². The summed E-state index contributed by atoms with van der Waals surface area (Å²) < 4.78 is 1.04. The van der Waals surface area contributed by atoms with Crippen molar-refractivity contribution in [3.8, 4) is 0 Å². The van der Waals surface area contributed by atoms with Crippen LogP contribution in [-0.4, -0.2) is 9.97 Å². The molecule has 0 radical (unpaired) electrons. The Morgan fingerprint density at radius 1 is 0.933 bits per heavy atom. The fraction of sp³-hybridized carbons (Fsp3) is 0.167. The largest absolute Gasteiger partial charge is 2.00 e. The summed E-state index contributed by atoms with van der Waals surface area (Å²) in [5, 5.41) is 2.20. The van der Waals surface area contributed by atoms with Crippen LogP contribution in [0.2, 0.25) is 0 Å². The van der Waals surface area contributed by atoms with E-state index in [1.54, 1.807) is 0 Å². The molecule has 3 N–H and O–H groups in total. The van der Waals surface area contributed by atoms with Gasteiger partial charge in [0.2, 0.25) is 0 Å². The minimum Gasteiger partial charge on any atom is -0.344 e. The van der Waals surface area contributed by atoms with Gasteiger partial charge in [0.25, 0.3) is 0 Å². The van der Waals surface area contributed by atoms with Crippen LogP contribution in [0.5, 0.6) is 0 Å². The standard InChI is InChI=1S/C15H11N2.C9H10Br.ClH.Fe.H3N/c1-3-13-9-8-12-7-6-11-5-4-10(2)16-14(11)15(12)17-13;1-7(2)8-4-3-5-9(10)6-8;;;/h4-9H,1H2,2H3;3-5,7H,1-2H3;1H;;1H3/q2*-1;;+2;. The third-order valence-electron chi connectivity index (χ3n) is 4.24. The molecule has 2 heterocycles. The number of pyridine rings is 2. The second-order valence-corrected chi connectivity index (χ2v) is 7.50. The molecule has 6 heteroatoms. The van der Waals surface area contributed by atoms with Gasteiger partial charge in [-0.3, -0.25) is 9.97 Å². The molecule has 0 spiro atoms. The van der Waals surface area contributed by atoms with Gasteiger partial charge >= 0.3 is 17.1 Å². The summed E-state index contributed by atoms with van der Waals surface area (Å²) in [6.07, 6.45) is 2.81. The number of aryl methyl sites for hydroxylation is 1. The van der Waals surface area contributed by atoms with Crippen LogP contribution in [0.4, 0.5) is 0 Å². The monoisotopic (exact) mass is 525 g/mol. The van der Waals surface area contributed by atoms with Gasteiger partial charge in [0, 0.05) is 11.1 Å². The van der Waals surface area contributed by atoms with Gasteiger partial charge in [-0.1, -0.05) is 52.4 Å². The summed E-state index contributed by atoms with van der Waals surface area (Å²) in [6.45, 7) is 9.95. The Labute approximate surface area is 204 Å². The van der Waals surface area contributed by atoms with Crippen LogP contribution in [0.15, 0.2) is 65.6 Å². The molecule has 4 rings (SSSR count). The van der Waals surface area contributed by atoms with Crippen LogP contribution < -0.4 is 6.15 Å². The Hall–Kier alpha value is -1.75. The molecule has 158 valence electrons. The SMILES string of the molecule is C=[C-]c1ccc2ccc3ccc(C)nc3c2n1.CC(C)c1[c-]c(Br)ccc1.Cl.N.[Fe+2]. The van der Waals surface area contributed by atoms with E-state index in [9.17, 15) is 0 Å². The van der Waals surface area contributed by atoms with Crippen LogP contribution in [0.1, 0.15) is 36.7 Å². The van der Waals surface area contributed by atoms with Crippen molar-refractivity contribution in [3.63, 3.8) is 0 Å². The molecule has 0 bridgehead atoms. The summed E-state index contributed by atoms with van der Waals surface area (Å²) in [4.78, 5) is 9.10. The van der Waals surface area contributed by atoms with Crippen molar-refractivity contribution < 1.29 is 17.1 Å². The van der Waals surface area contributed by atoms with Crippen molar-refractivity contribution in [2.45, 2.75) is 26.7 Å². The third kappa shape index (κ3) is 6.90. The number of rotatable bonds is 2. The van der Waals surface area contributed by atoms with Gasteiger partial charge in [-0.25, -0.2) is 6.08 Å². The summed E-state index contributed by atoms with van der Waals surface area (Å²) in [7, 11) is 0. The van der Waals surface area contributed by atoms with Gasteiger partial charge in [-0.2, -0.15) is 42.5 Å². The molecule has 30 heavy (non-hydrogen) atoms. The fourth-order valence-corrected chi connectivity index (χ4v) is 3.14. The second-order valence-electron chi connectivity index (χ2n) is 6.64. The average molecular weight is 527 g/mol. The summed E-state index contributed by atoms with van der Waals surface area (Å²) in [5.41, 5.74) is 4.88. The first kappa shape index (κ1) is 28.2. The molecule has 2 aromatic heterocycles. The maximum absolute atomic E-state index is 4.57. The van der Waals surface area contributed by atoms with E-state index < -0.39 is 0 Å². The van der Waals surface area contributed by atoms with Gasteiger partial charge in [-0.15, -0.1) is 24.2 Å². The normalized spacial score (nSPS) is 9.63. The minimum atomic E-state index is 0. The maximum Gasteiger partial charge on any atom is 2.00 e. The Kier molecular flexibility index (Phi) is 12.1. The van der Waals surface area contributed by atoms with E-state index in [0.717, 1.165) is 37.7 Å². The predicted octanol–water partition coefficient (Wildman–Crippen LogP) is 7.38. The topological polar surface area (TPSA) is 60.8 Å². The molecule has 0 saturated heterocycles. The van der Waals surface area contributed by atoms with E-state index in [4.69, 9.17) is 0 Å². The van der Waals surface area contributed by atoms with E-state index in [2.05, 4.69) is 82.7 Å². The predicted molar refractivity (Wildman–Crippen MR) is 129 cm³/mol. The molecular weight excluding hydrogens is 501 g/mol. The Morgan fingerprint density at radius 3 is 2.03 bits per heavy atom. The van der Waals surface area contributed by atoms with Crippen LogP contribution >= 0.6 is 28.3 Å². The Bertz CT molecular complexity index is 1120. The zero-order chi connectivity index (χ0) is 19.4. The van der Waals surface area contributed by atoms with Crippen LogP contribution in [0.3, 0.4) is 0 Å². The van der Waals surface area contributed by atoms with Crippen molar-refractivity contribution in [2.24, 2.45) is 0 Å². The number of fused-ring (bicyclic) bond motifs is 3. The Morgan fingerprint density at radius 2 is 1.50 bits per heavy atom. The van der Waals surface area contributed by atoms with E-state index in [1.165, 1.54) is 5.56 Å². The number of halogens is 2. The molecule has 0 fully saturated rings. The average Bonchev–Trinajstić information content (AvgIpc) is 2.68. The number of aromatic nitrogens is 2. The van der Waals surface area contributed by atoms with E-state index in [-0.39, 0.29) is 35.6 Å². The molecule has 0 unspecified atom stereocenters. The maximum atomic E-state index is 4.57. The molecule has 2 aromatic carbocycles. The van der Waals surface area contributed by atoms with Gasteiger partial charge in [0.15, 0.2) is 0 Å². The van der Waals surface area contributed by atoms with Crippen molar-refractivity contribution in [2.75, 3.05) is 0 Å². The van der Waals surface area contributed by atoms with Crippen LogP contribution in [-0.2, 0) is 17.1 Å². The van der Waals surface area contributed by atoms with E-state index in [0.29, 0.717) is 5.92 Å². The van der Waals surface area contributed by atoms with Crippen LogP contribution in [0.25, 0.3) is 21.8 Å². The quantitative estimate of drug-likeness (QED) is 0.168. The first-order valence-electron chi connectivity index (χ1n) is 8.86. The third-order valence-corrected chi connectivity index (χ3v) is 4.71. The second kappa shape index (κ2) is 12.8. The first-order chi connectivity index (χ1) is 13.0. The molecule has 4 aromatic rings. The summed E-state index contributed by atoms with van der Waals surface area (Å²) in [6, 6.07) is 21.5. The van der Waals surface area contributed by atoms with Crippen LogP contribution in [0, 0.1) is 19.1 Å². The molecular formula is C24H25BrClFeN3. The molecule has 0 amide bonds. The smallest absolute Gasteiger partial charge is 0.344 e.